The van der Waals surface area contributed by atoms with Gasteiger partial charge in [-0.3, -0.25) is 14.7 Å². The zero-order valence-corrected chi connectivity index (χ0v) is 19.8. The van der Waals surface area contributed by atoms with Crippen LogP contribution in [0.4, 0.5) is 11.4 Å². The fourth-order valence-corrected chi connectivity index (χ4v) is 4.59. The highest BCUT2D eigenvalue weighted by atomic mass is 79.9. The molecule has 166 valence electrons. The van der Waals surface area contributed by atoms with E-state index in [2.05, 4.69) is 72.4 Å². The van der Waals surface area contributed by atoms with Crippen molar-refractivity contribution >= 4 is 44.1 Å². The summed E-state index contributed by atoms with van der Waals surface area (Å²) in [7, 11) is 0. The van der Waals surface area contributed by atoms with Crippen LogP contribution >= 0.6 is 15.9 Å². The molecule has 1 saturated heterocycles. The van der Waals surface area contributed by atoms with Gasteiger partial charge in [0.25, 0.3) is 5.91 Å². The van der Waals surface area contributed by atoms with Gasteiger partial charge in [0.2, 0.25) is 0 Å². The van der Waals surface area contributed by atoms with Crippen molar-refractivity contribution in [3.05, 3.63) is 101 Å². The number of para-hydroxylation sites is 1. The molecule has 1 aromatic heterocycles. The second-order valence-corrected chi connectivity index (χ2v) is 9.16. The molecule has 1 aliphatic rings. The van der Waals surface area contributed by atoms with Crippen molar-refractivity contribution in [1.29, 1.82) is 0 Å². The van der Waals surface area contributed by atoms with Crippen molar-refractivity contribution in [3.8, 4) is 0 Å². The van der Waals surface area contributed by atoms with E-state index in [9.17, 15) is 4.79 Å². The zero-order chi connectivity index (χ0) is 22.6. The van der Waals surface area contributed by atoms with Crippen molar-refractivity contribution < 1.29 is 4.79 Å². The highest BCUT2D eigenvalue weighted by molar-refractivity contribution is 9.10. The lowest BCUT2D eigenvalue weighted by Crippen LogP contribution is -2.46. The second kappa shape index (κ2) is 9.73. The molecule has 1 fully saturated rings. The Labute approximate surface area is 202 Å². The molecule has 5 nitrogen and oxygen atoms in total. The average molecular weight is 501 g/mol. The first-order valence-corrected chi connectivity index (χ1v) is 11.9. The summed E-state index contributed by atoms with van der Waals surface area (Å²) in [6.07, 6.45) is 1.78. The van der Waals surface area contributed by atoms with Crippen molar-refractivity contribution in [2.24, 2.45) is 0 Å². The molecule has 5 rings (SSSR count). The minimum absolute atomic E-state index is 0.136. The number of anilines is 2. The first-order valence-electron chi connectivity index (χ1n) is 11.1. The van der Waals surface area contributed by atoms with Crippen LogP contribution in [0.1, 0.15) is 15.9 Å². The summed E-state index contributed by atoms with van der Waals surface area (Å²) in [5.41, 5.74) is 4.68. The summed E-state index contributed by atoms with van der Waals surface area (Å²) >= 11 is 3.43. The number of benzene rings is 3. The number of halogens is 1. The predicted molar refractivity (Wildman–Crippen MR) is 138 cm³/mol. The quantitative estimate of drug-likeness (QED) is 0.389. The summed E-state index contributed by atoms with van der Waals surface area (Å²) in [6.45, 7) is 4.67. The van der Waals surface area contributed by atoms with Crippen LogP contribution in [0.5, 0.6) is 0 Å². The normalized spacial score (nSPS) is 14.4. The highest BCUT2D eigenvalue weighted by Crippen LogP contribution is 2.34. The Morgan fingerprint density at radius 2 is 1.58 bits per heavy atom. The minimum Gasteiger partial charge on any atom is -0.367 e. The molecule has 0 bridgehead atoms. The molecule has 33 heavy (non-hydrogen) atoms. The summed E-state index contributed by atoms with van der Waals surface area (Å²) in [5, 5.41) is 4.17. The van der Waals surface area contributed by atoms with Gasteiger partial charge in [0, 0.05) is 48.1 Å². The molecule has 0 unspecified atom stereocenters. The monoisotopic (exact) mass is 500 g/mol. The van der Waals surface area contributed by atoms with Crippen LogP contribution in [-0.2, 0) is 6.54 Å². The van der Waals surface area contributed by atoms with E-state index in [0.717, 1.165) is 59.5 Å². The first kappa shape index (κ1) is 21.6. The van der Waals surface area contributed by atoms with Crippen LogP contribution in [0.15, 0.2) is 89.5 Å². The molecule has 6 heteroatoms. The number of amides is 1. The predicted octanol–water partition coefficient (Wildman–Crippen LogP) is 5.57. The van der Waals surface area contributed by atoms with E-state index in [1.807, 2.05) is 42.5 Å². The molecular formula is C27H25BrN4O. The van der Waals surface area contributed by atoms with Crippen LogP contribution in [0.3, 0.4) is 0 Å². The largest absolute Gasteiger partial charge is 0.367 e. The molecule has 4 aromatic rings. The number of rotatable bonds is 5. The average Bonchev–Trinajstić information content (AvgIpc) is 2.85. The molecule has 1 amide bonds. The van der Waals surface area contributed by atoms with Gasteiger partial charge in [0.1, 0.15) is 0 Å². The molecule has 0 atom stereocenters. The fourth-order valence-electron chi connectivity index (χ4n) is 4.33. The van der Waals surface area contributed by atoms with Crippen molar-refractivity contribution in [1.82, 2.24) is 9.88 Å². The number of carbonyl (C=O) groups is 1. The van der Waals surface area contributed by atoms with Gasteiger partial charge in [-0.05, 0) is 35.9 Å². The molecule has 2 heterocycles. The highest BCUT2D eigenvalue weighted by Gasteiger charge is 2.23. The number of hydrogen-bond acceptors (Lipinski definition) is 4. The van der Waals surface area contributed by atoms with Gasteiger partial charge in [-0.25, -0.2) is 0 Å². The Morgan fingerprint density at radius 3 is 2.33 bits per heavy atom. The Kier molecular flexibility index (Phi) is 6.37. The third-order valence-electron chi connectivity index (χ3n) is 6.04. The van der Waals surface area contributed by atoms with Crippen LogP contribution in [0.2, 0.25) is 0 Å². The van der Waals surface area contributed by atoms with Gasteiger partial charge in [-0.15, -0.1) is 0 Å². The molecule has 0 saturated carbocycles. The topological polar surface area (TPSA) is 48.5 Å². The Morgan fingerprint density at radius 1 is 0.879 bits per heavy atom. The number of piperazine rings is 1. The number of pyridine rings is 1. The number of aromatic nitrogens is 1. The molecule has 0 radical (unpaired) electrons. The number of hydrogen-bond donors (Lipinski definition) is 1. The molecule has 0 spiro atoms. The third kappa shape index (κ3) is 4.92. The van der Waals surface area contributed by atoms with Gasteiger partial charge < -0.3 is 10.2 Å². The lowest BCUT2D eigenvalue weighted by molar-refractivity contribution is 0.102. The molecule has 1 aliphatic heterocycles. The van der Waals surface area contributed by atoms with Crippen molar-refractivity contribution in [2.45, 2.75) is 6.54 Å². The maximum Gasteiger partial charge on any atom is 0.255 e. The van der Waals surface area contributed by atoms with E-state index in [0.29, 0.717) is 5.56 Å². The van der Waals surface area contributed by atoms with Gasteiger partial charge in [0.15, 0.2) is 0 Å². The van der Waals surface area contributed by atoms with Gasteiger partial charge in [0.05, 0.1) is 23.1 Å². The zero-order valence-electron chi connectivity index (χ0n) is 18.2. The summed E-state index contributed by atoms with van der Waals surface area (Å²) < 4.78 is 0.945. The van der Waals surface area contributed by atoms with Crippen molar-refractivity contribution in [2.75, 3.05) is 36.4 Å². The number of nitrogens with zero attached hydrogens (tertiary/aromatic N) is 3. The van der Waals surface area contributed by atoms with Gasteiger partial charge in [-0.1, -0.05) is 64.5 Å². The third-order valence-corrected chi connectivity index (χ3v) is 6.57. The number of nitrogens with one attached hydrogen (secondary N) is 1. The summed E-state index contributed by atoms with van der Waals surface area (Å²) in [5.74, 6) is -0.136. The second-order valence-electron chi connectivity index (χ2n) is 8.25. The van der Waals surface area contributed by atoms with E-state index in [-0.39, 0.29) is 5.91 Å². The summed E-state index contributed by atoms with van der Waals surface area (Å²) in [6, 6.07) is 26.1. The van der Waals surface area contributed by atoms with E-state index in [4.69, 9.17) is 0 Å². The number of carbonyl (C=O) groups excluding carboxylic acids is 1. The summed E-state index contributed by atoms with van der Waals surface area (Å²) in [4.78, 5) is 22.4. The van der Waals surface area contributed by atoms with E-state index < -0.39 is 0 Å². The fraction of sp³-hybridized carbons (Fsp3) is 0.185. The minimum atomic E-state index is -0.136. The Balaban J connectivity index is 1.39. The van der Waals surface area contributed by atoms with E-state index >= 15 is 0 Å². The van der Waals surface area contributed by atoms with Crippen molar-refractivity contribution in [3.63, 3.8) is 0 Å². The maximum atomic E-state index is 13.0. The lowest BCUT2D eigenvalue weighted by atomic mass is 10.1. The standard InChI is InChI=1S/C27H25BrN4O/c28-22-12-10-21(11-13-22)27(33)30-25-18-29-24-9-5-4-8-23(24)26(25)32-16-14-31(15-17-32)19-20-6-2-1-3-7-20/h1-13,18H,14-17,19H2,(H,30,33). The van der Waals surface area contributed by atoms with Gasteiger partial charge in [-0.2, -0.15) is 0 Å². The Hall–Kier alpha value is -3.22. The first-order chi connectivity index (χ1) is 16.2. The number of fused-ring (bicyclic) bond motifs is 1. The van der Waals surface area contributed by atoms with Crippen LogP contribution < -0.4 is 10.2 Å². The SMILES string of the molecule is O=C(Nc1cnc2ccccc2c1N1CCN(Cc2ccccc2)CC1)c1ccc(Br)cc1. The van der Waals surface area contributed by atoms with E-state index in [1.165, 1.54) is 5.56 Å². The van der Waals surface area contributed by atoms with Crippen LogP contribution in [0, 0.1) is 0 Å². The maximum absolute atomic E-state index is 13.0. The molecular weight excluding hydrogens is 476 g/mol. The smallest absolute Gasteiger partial charge is 0.255 e. The van der Waals surface area contributed by atoms with Gasteiger partial charge >= 0.3 is 0 Å². The molecule has 0 aliphatic carbocycles. The molecule has 1 N–H and O–H groups in total. The lowest BCUT2D eigenvalue weighted by Gasteiger charge is -2.37. The van der Waals surface area contributed by atoms with Crippen LogP contribution in [0.25, 0.3) is 10.9 Å². The molecule has 3 aromatic carbocycles. The van der Waals surface area contributed by atoms with Crippen LogP contribution in [-0.4, -0.2) is 42.0 Å². The van der Waals surface area contributed by atoms with E-state index in [1.54, 1.807) is 6.20 Å². The Bertz CT molecular complexity index is 1250.